The summed E-state index contributed by atoms with van der Waals surface area (Å²) in [6, 6.07) is 11.5. The molecule has 0 aliphatic carbocycles. The van der Waals surface area contributed by atoms with Crippen LogP contribution in [0.5, 0.6) is 5.75 Å². The van der Waals surface area contributed by atoms with Crippen molar-refractivity contribution in [3.8, 4) is 5.75 Å². The lowest BCUT2D eigenvalue weighted by molar-refractivity contribution is -0.140. The van der Waals surface area contributed by atoms with E-state index < -0.39 is 0 Å². The zero-order valence-electron chi connectivity index (χ0n) is 15.2. The third-order valence-corrected chi connectivity index (χ3v) is 4.84. The molecule has 0 aromatic heterocycles. The van der Waals surface area contributed by atoms with Crippen LogP contribution < -0.4 is 9.19 Å². The van der Waals surface area contributed by atoms with Crippen LogP contribution in [-0.2, 0) is 20.3 Å². The molecule has 0 unspecified atom stereocenters. The molecule has 0 saturated carbocycles. The fourth-order valence-electron chi connectivity index (χ4n) is 2.35. The number of ether oxygens (including phenoxy) is 1. The van der Waals surface area contributed by atoms with E-state index in [-0.39, 0.29) is 5.97 Å². The number of halogens is 1. The first kappa shape index (κ1) is 20.4. The van der Waals surface area contributed by atoms with Gasteiger partial charge in [0.05, 0.1) is 12.8 Å². The molecule has 0 atom stereocenters. The third kappa shape index (κ3) is 5.56. The Kier molecular flexibility index (Phi) is 7.63. The summed E-state index contributed by atoms with van der Waals surface area (Å²) in [5.41, 5.74) is 3.77. The Balaban J connectivity index is 1.97. The van der Waals surface area contributed by atoms with E-state index in [0.29, 0.717) is 23.6 Å². The molecule has 0 heterocycles. The number of rotatable bonds is 8. The van der Waals surface area contributed by atoms with Gasteiger partial charge in [0.15, 0.2) is 18.0 Å². The molecular weight excluding hydrogens is 374 g/mol. The normalized spacial score (nSPS) is 10.5. The predicted molar refractivity (Wildman–Crippen MR) is 105 cm³/mol. The SMILES string of the molecule is COC(=O)CCc1ccccc1N(C)SOOc1cc(C)c(Cl)cc1C. The van der Waals surface area contributed by atoms with Crippen molar-refractivity contribution in [3.63, 3.8) is 0 Å². The monoisotopic (exact) mass is 395 g/mol. The fourth-order valence-corrected chi connectivity index (χ4v) is 3.02. The highest BCUT2D eigenvalue weighted by molar-refractivity contribution is 7.95. The molecule has 0 aliphatic rings. The average Bonchev–Trinajstić information content (AvgIpc) is 2.63. The summed E-state index contributed by atoms with van der Waals surface area (Å²) in [6.45, 7) is 3.81. The van der Waals surface area contributed by atoms with Gasteiger partial charge in [-0.05, 0) is 55.2 Å². The molecule has 0 saturated heterocycles. The second kappa shape index (κ2) is 9.71. The molecule has 0 fully saturated rings. The van der Waals surface area contributed by atoms with E-state index in [9.17, 15) is 4.79 Å². The first-order valence-corrected chi connectivity index (χ1v) is 9.16. The fraction of sp³-hybridized carbons (Fsp3) is 0.316. The molecule has 2 aromatic carbocycles. The molecule has 0 aliphatic heterocycles. The topological polar surface area (TPSA) is 48.0 Å². The Morgan fingerprint density at radius 3 is 2.65 bits per heavy atom. The molecular formula is C19H22ClNO4S. The maximum Gasteiger partial charge on any atom is 0.305 e. The largest absolute Gasteiger partial charge is 0.469 e. The molecule has 5 nitrogen and oxygen atoms in total. The van der Waals surface area contributed by atoms with Gasteiger partial charge in [-0.3, -0.25) is 9.10 Å². The van der Waals surface area contributed by atoms with Crippen LogP contribution in [-0.4, -0.2) is 20.1 Å². The van der Waals surface area contributed by atoms with Gasteiger partial charge >= 0.3 is 5.97 Å². The molecule has 7 heteroatoms. The van der Waals surface area contributed by atoms with Crippen LogP contribution in [0, 0.1) is 13.8 Å². The smallest absolute Gasteiger partial charge is 0.305 e. The predicted octanol–water partition coefficient (Wildman–Crippen LogP) is 5.07. The van der Waals surface area contributed by atoms with Crippen molar-refractivity contribution in [1.82, 2.24) is 0 Å². The minimum atomic E-state index is -0.233. The van der Waals surface area contributed by atoms with Crippen LogP contribution in [0.4, 0.5) is 5.69 Å². The minimum Gasteiger partial charge on any atom is -0.469 e. The lowest BCUT2D eigenvalue weighted by Gasteiger charge is -2.19. The Bertz CT molecular complexity index is 769. The first-order valence-electron chi connectivity index (χ1n) is 8.09. The third-order valence-electron chi connectivity index (χ3n) is 3.88. The van der Waals surface area contributed by atoms with Crippen molar-refractivity contribution in [2.24, 2.45) is 0 Å². The molecule has 0 N–H and O–H groups in total. The zero-order chi connectivity index (χ0) is 19.1. The lowest BCUT2D eigenvalue weighted by Crippen LogP contribution is -2.12. The van der Waals surface area contributed by atoms with Crippen molar-refractivity contribution < 1.29 is 18.8 Å². The van der Waals surface area contributed by atoms with Crippen LogP contribution in [0.2, 0.25) is 5.02 Å². The van der Waals surface area contributed by atoms with Crippen molar-refractivity contribution in [2.45, 2.75) is 26.7 Å². The van der Waals surface area contributed by atoms with E-state index in [0.717, 1.165) is 34.6 Å². The highest BCUT2D eigenvalue weighted by Crippen LogP contribution is 2.30. The van der Waals surface area contributed by atoms with Crippen molar-refractivity contribution in [2.75, 3.05) is 18.5 Å². The number of benzene rings is 2. The summed E-state index contributed by atoms with van der Waals surface area (Å²) in [5, 5.41) is 0.694. The van der Waals surface area contributed by atoms with Gasteiger partial charge in [0.1, 0.15) is 0 Å². The number of hydrogen-bond donors (Lipinski definition) is 0. The van der Waals surface area contributed by atoms with Crippen LogP contribution in [0.1, 0.15) is 23.1 Å². The van der Waals surface area contributed by atoms with Crippen molar-refractivity contribution in [3.05, 3.63) is 58.1 Å². The maximum absolute atomic E-state index is 11.4. The standard InChI is InChI=1S/C19H22ClNO4S/c1-13-12-18(14(2)11-16(13)20)24-25-26-21(3)17-8-6-5-7-15(17)9-10-19(22)23-4/h5-8,11-12H,9-10H2,1-4H3. The number of carbonyl (C=O) groups is 1. The number of nitrogens with zero attached hydrogens (tertiary/aromatic N) is 1. The summed E-state index contributed by atoms with van der Waals surface area (Å²) in [7, 11) is 3.26. The number of carbonyl (C=O) groups excluding carboxylic acids is 1. The van der Waals surface area contributed by atoms with E-state index in [1.54, 1.807) is 0 Å². The van der Waals surface area contributed by atoms with Crippen LogP contribution >= 0.6 is 23.8 Å². The Labute approximate surface area is 163 Å². The van der Waals surface area contributed by atoms with Gasteiger partial charge < -0.3 is 9.62 Å². The van der Waals surface area contributed by atoms with E-state index in [1.807, 2.05) is 61.6 Å². The van der Waals surface area contributed by atoms with Gasteiger partial charge in [0.2, 0.25) is 0 Å². The molecule has 26 heavy (non-hydrogen) atoms. The number of hydrogen-bond acceptors (Lipinski definition) is 6. The summed E-state index contributed by atoms with van der Waals surface area (Å²) < 4.78 is 11.9. The van der Waals surface area contributed by atoms with E-state index in [2.05, 4.69) is 0 Å². The minimum absolute atomic E-state index is 0.233. The number of para-hydroxylation sites is 1. The van der Waals surface area contributed by atoms with E-state index >= 15 is 0 Å². The lowest BCUT2D eigenvalue weighted by atomic mass is 10.1. The Hall–Kier alpha value is -1.89. The number of methoxy groups -OCH3 is 1. The molecule has 0 radical (unpaired) electrons. The average molecular weight is 396 g/mol. The molecule has 0 amide bonds. The number of aryl methyl sites for hydroxylation is 3. The van der Waals surface area contributed by atoms with Crippen LogP contribution in [0.3, 0.4) is 0 Å². The number of esters is 1. The van der Waals surface area contributed by atoms with Crippen LogP contribution in [0.25, 0.3) is 0 Å². The maximum atomic E-state index is 11.4. The Morgan fingerprint density at radius 1 is 1.19 bits per heavy atom. The van der Waals surface area contributed by atoms with Gasteiger partial charge in [-0.2, -0.15) is 0 Å². The van der Waals surface area contributed by atoms with Gasteiger partial charge in [-0.1, -0.05) is 34.1 Å². The summed E-state index contributed by atoms with van der Waals surface area (Å²) in [5.74, 6) is 0.384. The van der Waals surface area contributed by atoms with Crippen LogP contribution in [0.15, 0.2) is 36.4 Å². The molecule has 2 aromatic rings. The summed E-state index contributed by atoms with van der Waals surface area (Å²) in [4.78, 5) is 16.8. The highest BCUT2D eigenvalue weighted by Gasteiger charge is 2.12. The summed E-state index contributed by atoms with van der Waals surface area (Å²) >= 11 is 7.15. The van der Waals surface area contributed by atoms with E-state index in [1.165, 1.54) is 7.11 Å². The quantitative estimate of drug-likeness (QED) is 0.204. The van der Waals surface area contributed by atoms with Gasteiger partial charge in [-0.25, -0.2) is 0 Å². The zero-order valence-corrected chi connectivity index (χ0v) is 16.8. The van der Waals surface area contributed by atoms with Gasteiger partial charge in [-0.15, -0.1) is 0 Å². The second-order valence-electron chi connectivity index (χ2n) is 5.80. The Morgan fingerprint density at radius 2 is 1.92 bits per heavy atom. The van der Waals surface area contributed by atoms with Crippen molar-refractivity contribution in [1.29, 1.82) is 0 Å². The molecule has 0 spiro atoms. The molecule has 140 valence electrons. The van der Waals surface area contributed by atoms with E-state index in [4.69, 9.17) is 25.6 Å². The highest BCUT2D eigenvalue weighted by atomic mass is 35.5. The molecule has 2 rings (SSSR count). The van der Waals surface area contributed by atoms with Gasteiger partial charge in [0, 0.05) is 18.5 Å². The second-order valence-corrected chi connectivity index (χ2v) is 7.04. The number of anilines is 1. The first-order chi connectivity index (χ1) is 12.4. The van der Waals surface area contributed by atoms with Gasteiger partial charge in [0.25, 0.3) is 0 Å². The molecule has 0 bridgehead atoms. The van der Waals surface area contributed by atoms with Crippen molar-refractivity contribution >= 4 is 35.5 Å². The summed E-state index contributed by atoms with van der Waals surface area (Å²) in [6.07, 6.45) is 0.913.